The number of rotatable bonds is 8. The van der Waals surface area contributed by atoms with E-state index in [1.165, 1.54) is 40.4 Å². The van der Waals surface area contributed by atoms with Crippen LogP contribution in [-0.4, -0.2) is 140 Å². The number of ether oxygens (including phenoxy) is 9. The van der Waals surface area contributed by atoms with Gasteiger partial charge in [0, 0.05) is 45.7 Å². The average Bonchev–Trinajstić information content (AvgIpc) is 3.82. The van der Waals surface area contributed by atoms with Gasteiger partial charge in [0.1, 0.15) is 42.2 Å². The van der Waals surface area contributed by atoms with Crippen molar-refractivity contribution in [3.05, 3.63) is 24.3 Å². The Bertz CT molecular complexity index is 1160. The van der Waals surface area contributed by atoms with Crippen molar-refractivity contribution in [3.8, 4) is 0 Å². The summed E-state index contributed by atoms with van der Waals surface area (Å²) in [5.74, 6) is -2.45. The van der Waals surface area contributed by atoms with Gasteiger partial charge in [0.2, 0.25) is 0 Å². The van der Waals surface area contributed by atoms with Gasteiger partial charge in [-0.1, -0.05) is 19.9 Å². The van der Waals surface area contributed by atoms with Gasteiger partial charge in [0.15, 0.2) is 18.4 Å². The number of aliphatic hydroxyl groups excluding tert-OH is 2. The van der Waals surface area contributed by atoms with Crippen LogP contribution in [0.5, 0.6) is 0 Å². The monoisotopic (exact) mass is 700 g/mol. The minimum atomic E-state index is -1.75. The van der Waals surface area contributed by atoms with Gasteiger partial charge in [0.25, 0.3) is 0 Å². The number of esters is 1. The van der Waals surface area contributed by atoms with E-state index in [-0.39, 0.29) is 19.1 Å². The molecule has 0 aromatic carbocycles. The zero-order valence-electron chi connectivity index (χ0n) is 30.0. The predicted molar refractivity (Wildman–Crippen MR) is 173 cm³/mol. The second-order valence-corrected chi connectivity index (χ2v) is 14.1. The lowest BCUT2D eigenvalue weighted by molar-refractivity contribution is -0.305. The summed E-state index contributed by atoms with van der Waals surface area (Å²) in [6.07, 6.45) is -2.67. The maximum absolute atomic E-state index is 13.3. The lowest BCUT2D eigenvalue weighted by Gasteiger charge is -2.42. The summed E-state index contributed by atoms with van der Waals surface area (Å²) in [6, 6.07) is 0. The van der Waals surface area contributed by atoms with Crippen molar-refractivity contribution in [1.29, 1.82) is 0 Å². The van der Waals surface area contributed by atoms with E-state index in [0.717, 1.165) is 0 Å². The van der Waals surface area contributed by atoms with Gasteiger partial charge < -0.3 is 58.0 Å². The molecular formula is C35H56O14. The minimum absolute atomic E-state index is 0.0234. The van der Waals surface area contributed by atoms with E-state index < -0.39 is 109 Å². The molecule has 4 rings (SSSR count). The molecule has 14 heteroatoms. The Hall–Kier alpha value is -1.82. The third-order valence-corrected chi connectivity index (χ3v) is 10.1. The zero-order chi connectivity index (χ0) is 36.2. The van der Waals surface area contributed by atoms with Crippen molar-refractivity contribution in [2.24, 2.45) is 17.8 Å². The van der Waals surface area contributed by atoms with Crippen LogP contribution < -0.4 is 0 Å². The number of carbonyl (C=O) groups excluding carboxylic acids is 2. The van der Waals surface area contributed by atoms with E-state index >= 15 is 0 Å². The smallest absolute Gasteiger partial charge is 0.330 e. The number of hydrogen-bond donors (Lipinski definition) is 3. The molecule has 0 unspecified atom stereocenters. The van der Waals surface area contributed by atoms with Crippen molar-refractivity contribution >= 4 is 11.8 Å². The molecule has 3 fully saturated rings. The highest BCUT2D eigenvalue weighted by atomic mass is 16.7. The molecule has 4 aliphatic rings. The molecule has 280 valence electrons. The second kappa shape index (κ2) is 17.1. The first-order valence-corrected chi connectivity index (χ1v) is 17.1. The zero-order valence-corrected chi connectivity index (χ0v) is 30.0. The van der Waals surface area contributed by atoms with Crippen LogP contribution in [0.25, 0.3) is 0 Å². The van der Waals surface area contributed by atoms with E-state index in [2.05, 4.69) is 0 Å². The quantitative estimate of drug-likeness (QED) is 0.245. The van der Waals surface area contributed by atoms with Crippen molar-refractivity contribution in [1.82, 2.24) is 0 Å². The summed E-state index contributed by atoms with van der Waals surface area (Å²) >= 11 is 0. The Balaban J connectivity index is 1.56. The molecule has 49 heavy (non-hydrogen) atoms. The Labute approximate surface area is 288 Å². The number of hydrogen-bond acceptors (Lipinski definition) is 14. The summed E-state index contributed by atoms with van der Waals surface area (Å²) in [6.45, 7) is 10.4. The van der Waals surface area contributed by atoms with Gasteiger partial charge in [-0.15, -0.1) is 0 Å². The molecule has 0 aromatic heterocycles. The molecule has 0 aromatic rings. The van der Waals surface area contributed by atoms with E-state index in [9.17, 15) is 24.9 Å². The van der Waals surface area contributed by atoms with Gasteiger partial charge in [-0.25, -0.2) is 4.79 Å². The van der Waals surface area contributed by atoms with E-state index in [4.69, 9.17) is 42.6 Å². The van der Waals surface area contributed by atoms with Gasteiger partial charge in [-0.3, -0.25) is 4.79 Å². The first-order chi connectivity index (χ1) is 23.1. The number of aliphatic hydroxyl groups is 3. The Morgan fingerprint density at radius 2 is 1.53 bits per heavy atom. The normalized spacial score (nSPS) is 48.3. The highest BCUT2D eigenvalue weighted by Gasteiger charge is 2.50. The van der Waals surface area contributed by atoms with Crippen LogP contribution in [0.15, 0.2) is 24.3 Å². The molecule has 4 heterocycles. The number of cyclic esters (lactones) is 1. The predicted octanol–water partition coefficient (Wildman–Crippen LogP) is 1.46. The Morgan fingerprint density at radius 3 is 2.18 bits per heavy atom. The first kappa shape index (κ1) is 40.0. The van der Waals surface area contributed by atoms with Crippen molar-refractivity contribution in [3.63, 3.8) is 0 Å². The van der Waals surface area contributed by atoms with Crippen LogP contribution >= 0.6 is 0 Å². The lowest BCUT2D eigenvalue weighted by Crippen LogP contribution is -2.59. The summed E-state index contributed by atoms with van der Waals surface area (Å²) < 4.78 is 52.6. The molecule has 3 N–H and O–H groups in total. The maximum atomic E-state index is 13.3. The molecule has 0 amide bonds. The third-order valence-electron chi connectivity index (χ3n) is 10.1. The van der Waals surface area contributed by atoms with Crippen LogP contribution in [0.2, 0.25) is 0 Å². The fraction of sp³-hybridized carbons (Fsp3) is 0.829. The molecule has 3 saturated heterocycles. The molecule has 0 spiro atoms. The van der Waals surface area contributed by atoms with Gasteiger partial charge in [0.05, 0.1) is 37.1 Å². The molecular weight excluding hydrogens is 644 g/mol. The average molecular weight is 701 g/mol. The lowest BCUT2D eigenvalue weighted by atomic mass is 9.82. The number of epoxide rings is 1. The maximum Gasteiger partial charge on any atom is 0.330 e. The Morgan fingerprint density at radius 1 is 0.837 bits per heavy atom. The van der Waals surface area contributed by atoms with Crippen molar-refractivity contribution < 1.29 is 67.5 Å². The van der Waals surface area contributed by atoms with Gasteiger partial charge >= 0.3 is 5.97 Å². The number of methoxy groups -OCH3 is 3. The summed E-state index contributed by atoms with van der Waals surface area (Å²) in [7, 11) is 4.46. The standard InChI is InChI=1S/C35H56O14/c1-17-10-13-26(37)46-20(4)22(16-44-34-32(43-9)31(42-8)27(38)21(5)47-34)30-23(48-30)11-12-25(36)35(6,40)15-18(2)29(17)49-33-28(39)24(41-7)14-19(3)45-33/h10-13,17-24,27-34,38-40H,14-16H2,1-9H3/b12-11+,13-10+/t17-,18-,19+,20+,21+,22+,23+,24-,27+,28+,29+,30-,31+,32+,33-,34+,35-/m0/s1. The van der Waals surface area contributed by atoms with Crippen LogP contribution in [0.3, 0.4) is 0 Å². The molecule has 4 aliphatic heterocycles. The molecule has 0 aliphatic carbocycles. The van der Waals surface area contributed by atoms with E-state index in [1.54, 1.807) is 26.0 Å². The third kappa shape index (κ3) is 9.74. The van der Waals surface area contributed by atoms with Gasteiger partial charge in [-0.05, 0) is 52.2 Å². The molecule has 14 nitrogen and oxygen atoms in total. The van der Waals surface area contributed by atoms with Gasteiger partial charge in [-0.2, -0.15) is 0 Å². The highest BCUT2D eigenvalue weighted by Crippen LogP contribution is 2.37. The first-order valence-electron chi connectivity index (χ1n) is 17.1. The van der Waals surface area contributed by atoms with Crippen molar-refractivity contribution in [2.75, 3.05) is 27.9 Å². The Kier molecular flexibility index (Phi) is 14.0. The van der Waals surface area contributed by atoms with Crippen LogP contribution in [0.4, 0.5) is 0 Å². The number of carbonyl (C=O) groups is 2. The largest absolute Gasteiger partial charge is 0.459 e. The minimum Gasteiger partial charge on any atom is -0.459 e. The SMILES string of the molecule is CO[C@@H]1[C@H](O)[C@@H](C)O[C@@H](OC[C@H]2[C@@H]3O[C@@H]3/C=C/C(=O)[C@@](C)(O)C[C@H](C)[C@H](O[C@@H]3O[C@H](C)C[C@H](OC)[C@H]3O)[C@@H](C)/C=C/C(=O)O[C@@H]2C)[C@@H]1OC. The topological polar surface area (TPSA) is 181 Å². The number of fused-ring (bicyclic) bond motifs is 1. The molecule has 0 saturated carbocycles. The second-order valence-electron chi connectivity index (χ2n) is 14.1. The van der Waals surface area contributed by atoms with E-state index in [1.807, 2.05) is 20.8 Å². The fourth-order valence-electron chi connectivity index (χ4n) is 7.12. The highest BCUT2D eigenvalue weighted by molar-refractivity contribution is 5.96. The summed E-state index contributed by atoms with van der Waals surface area (Å²) in [5, 5.41) is 32.8. The molecule has 0 bridgehead atoms. The fourth-order valence-corrected chi connectivity index (χ4v) is 7.12. The molecule has 17 atom stereocenters. The number of ketones is 1. The van der Waals surface area contributed by atoms with Crippen molar-refractivity contribution in [2.45, 2.75) is 140 Å². The van der Waals surface area contributed by atoms with Crippen LogP contribution in [-0.2, 0) is 52.2 Å². The van der Waals surface area contributed by atoms with Crippen LogP contribution in [0, 0.1) is 17.8 Å². The van der Waals surface area contributed by atoms with E-state index in [0.29, 0.717) is 6.42 Å². The summed E-state index contributed by atoms with van der Waals surface area (Å²) in [5.41, 5.74) is -1.75. The summed E-state index contributed by atoms with van der Waals surface area (Å²) in [4.78, 5) is 26.5. The molecule has 0 radical (unpaired) electrons. The van der Waals surface area contributed by atoms with Crippen LogP contribution in [0.1, 0.15) is 54.4 Å².